The van der Waals surface area contributed by atoms with Crippen LogP contribution in [-0.2, 0) is 13.1 Å². The van der Waals surface area contributed by atoms with Gasteiger partial charge in [0.05, 0.1) is 18.3 Å². The van der Waals surface area contributed by atoms with Crippen molar-refractivity contribution in [3.05, 3.63) is 53.7 Å². The van der Waals surface area contributed by atoms with Gasteiger partial charge < -0.3 is 9.73 Å². The Labute approximate surface area is 139 Å². The fourth-order valence-electron chi connectivity index (χ4n) is 2.38. The monoisotopic (exact) mass is 325 g/mol. The third-order valence-corrected chi connectivity index (χ3v) is 3.67. The predicted molar refractivity (Wildman–Crippen MR) is 88.2 cm³/mol. The molecule has 0 fully saturated rings. The van der Waals surface area contributed by atoms with Crippen molar-refractivity contribution in [2.24, 2.45) is 0 Å². The van der Waals surface area contributed by atoms with Crippen molar-refractivity contribution in [1.82, 2.24) is 25.3 Å². The molecule has 3 aromatic rings. The van der Waals surface area contributed by atoms with Gasteiger partial charge >= 0.3 is 0 Å². The van der Waals surface area contributed by atoms with Gasteiger partial charge in [0, 0.05) is 17.8 Å². The second kappa shape index (κ2) is 7.08. The van der Waals surface area contributed by atoms with Crippen molar-refractivity contribution in [1.29, 1.82) is 0 Å². The standard InChI is InChI=1S/C17H19N5O2/c1-3-9-22-12(2)14(10-19-22)16(23)18-11-15-20-21-17(24-15)13-7-5-4-6-8-13/h4-8,10H,3,9,11H2,1-2H3,(H,18,23). The molecule has 2 heterocycles. The van der Waals surface area contributed by atoms with Crippen molar-refractivity contribution < 1.29 is 9.21 Å². The Bertz CT molecular complexity index is 823. The van der Waals surface area contributed by atoms with E-state index >= 15 is 0 Å². The largest absolute Gasteiger partial charge is 0.419 e. The molecule has 0 bridgehead atoms. The second-order valence-electron chi connectivity index (χ2n) is 5.42. The van der Waals surface area contributed by atoms with Crippen LogP contribution in [0.15, 0.2) is 40.9 Å². The van der Waals surface area contributed by atoms with Gasteiger partial charge in [-0.3, -0.25) is 9.48 Å². The molecule has 3 rings (SSSR count). The van der Waals surface area contributed by atoms with Gasteiger partial charge in [0.1, 0.15) is 0 Å². The van der Waals surface area contributed by atoms with Crippen LogP contribution in [0.25, 0.3) is 11.5 Å². The predicted octanol–water partition coefficient (Wildman–Crippen LogP) is 2.58. The maximum atomic E-state index is 12.3. The third-order valence-electron chi connectivity index (χ3n) is 3.67. The Kier molecular flexibility index (Phi) is 4.69. The first-order valence-electron chi connectivity index (χ1n) is 7.87. The molecule has 0 atom stereocenters. The van der Waals surface area contributed by atoms with E-state index in [1.54, 1.807) is 6.20 Å². The van der Waals surface area contributed by atoms with E-state index in [1.807, 2.05) is 41.9 Å². The quantitative estimate of drug-likeness (QED) is 0.753. The molecule has 0 saturated carbocycles. The summed E-state index contributed by atoms with van der Waals surface area (Å²) < 4.78 is 7.40. The maximum absolute atomic E-state index is 12.3. The first-order valence-corrected chi connectivity index (χ1v) is 7.87. The number of rotatable bonds is 6. The van der Waals surface area contributed by atoms with Crippen LogP contribution < -0.4 is 5.32 Å². The average molecular weight is 325 g/mol. The molecule has 7 nitrogen and oxygen atoms in total. The highest BCUT2D eigenvalue weighted by Crippen LogP contribution is 2.16. The van der Waals surface area contributed by atoms with E-state index in [2.05, 4.69) is 27.5 Å². The molecule has 0 aliphatic heterocycles. The molecule has 0 unspecified atom stereocenters. The summed E-state index contributed by atoms with van der Waals surface area (Å²) in [6.45, 7) is 4.93. The molecule has 2 aromatic heterocycles. The molecule has 0 saturated heterocycles. The van der Waals surface area contributed by atoms with Crippen LogP contribution >= 0.6 is 0 Å². The number of carbonyl (C=O) groups excluding carboxylic acids is 1. The normalized spacial score (nSPS) is 10.8. The molecule has 0 radical (unpaired) electrons. The molecule has 0 aliphatic carbocycles. The first kappa shape index (κ1) is 15.9. The Hall–Kier alpha value is -2.96. The maximum Gasteiger partial charge on any atom is 0.255 e. The number of nitrogens with one attached hydrogen (secondary N) is 1. The fraction of sp³-hybridized carbons (Fsp3) is 0.294. The van der Waals surface area contributed by atoms with Gasteiger partial charge in [0.25, 0.3) is 5.91 Å². The number of carbonyl (C=O) groups is 1. The zero-order valence-electron chi connectivity index (χ0n) is 13.7. The van der Waals surface area contributed by atoms with Gasteiger partial charge in [-0.2, -0.15) is 5.10 Å². The number of aromatic nitrogens is 4. The van der Waals surface area contributed by atoms with Gasteiger partial charge in [0.2, 0.25) is 11.8 Å². The van der Waals surface area contributed by atoms with Crippen molar-refractivity contribution in [2.45, 2.75) is 33.4 Å². The number of benzene rings is 1. The van der Waals surface area contributed by atoms with Gasteiger partial charge in [-0.05, 0) is 25.5 Å². The SMILES string of the molecule is CCCn1ncc(C(=O)NCc2nnc(-c3ccccc3)o2)c1C. The minimum atomic E-state index is -0.200. The van der Waals surface area contributed by atoms with Crippen LogP contribution in [0.5, 0.6) is 0 Å². The number of nitrogens with zero attached hydrogens (tertiary/aromatic N) is 4. The second-order valence-corrected chi connectivity index (χ2v) is 5.42. The summed E-state index contributed by atoms with van der Waals surface area (Å²) in [5.41, 5.74) is 2.26. The zero-order chi connectivity index (χ0) is 16.9. The molecule has 24 heavy (non-hydrogen) atoms. The molecule has 1 amide bonds. The molecule has 7 heteroatoms. The van der Waals surface area contributed by atoms with E-state index < -0.39 is 0 Å². The van der Waals surface area contributed by atoms with Gasteiger partial charge in [-0.15, -0.1) is 10.2 Å². The number of amides is 1. The smallest absolute Gasteiger partial charge is 0.255 e. The van der Waals surface area contributed by atoms with Crippen LogP contribution in [-0.4, -0.2) is 25.9 Å². The highest BCUT2D eigenvalue weighted by Gasteiger charge is 2.15. The topological polar surface area (TPSA) is 85.8 Å². The molecule has 1 N–H and O–H groups in total. The van der Waals surface area contributed by atoms with Crippen molar-refractivity contribution >= 4 is 5.91 Å². The highest BCUT2D eigenvalue weighted by atomic mass is 16.4. The van der Waals surface area contributed by atoms with E-state index in [-0.39, 0.29) is 12.5 Å². The van der Waals surface area contributed by atoms with Gasteiger partial charge in [-0.1, -0.05) is 25.1 Å². The average Bonchev–Trinajstić information content (AvgIpc) is 3.22. The molecule has 124 valence electrons. The summed E-state index contributed by atoms with van der Waals surface area (Å²) in [4.78, 5) is 12.3. The number of aryl methyl sites for hydroxylation is 1. The van der Waals surface area contributed by atoms with Crippen molar-refractivity contribution in [3.63, 3.8) is 0 Å². The van der Waals surface area contributed by atoms with Crippen LogP contribution in [0.4, 0.5) is 0 Å². The summed E-state index contributed by atoms with van der Waals surface area (Å²) in [7, 11) is 0. The minimum absolute atomic E-state index is 0.178. The lowest BCUT2D eigenvalue weighted by Crippen LogP contribution is -2.23. The summed E-state index contributed by atoms with van der Waals surface area (Å²) in [5.74, 6) is 0.599. The molecule has 1 aromatic carbocycles. The van der Waals surface area contributed by atoms with E-state index in [1.165, 1.54) is 0 Å². The summed E-state index contributed by atoms with van der Waals surface area (Å²) in [5, 5.41) is 15.0. The Morgan fingerprint density at radius 2 is 2.04 bits per heavy atom. The van der Waals surface area contributed by atoms with E-state index in [4.69, 9.17) is 4.42 Å². The molecule has 0 spiro atoms. The Balaban J connectivity index is 1.64. The Morgan fingerprint density at radius 1 is 1.25 bits per heavy atom. The van der Waals surface area contributed by atoms with Crippen LogP contribution in [0, 0.1) is 6.92 Å². The summed E-state index contributed by atoms with van der Waals surface area (Å²) in [6, 6.07) is 9.50. The van der Waals surface area contributed by atoms with Crippen molar-refractivity contribution in [3.8, 4) is 11.5 Å². The van der Waals surface area contributed by atoms with Crippen molar-refractivity contribution in [2.75, 3.05) is 0 Å². The lowest BCUT2D eigenvalue weighted by molar-refractivity contribution is 0.0946. The van der Waals surface area contributed by atoms with Gasteiger partial charge in [0.15, 0.2) is 0 Å². The van der Waals surface area contributed by atoms with Crippen LogP contribution in [0.3, 0.4) is 0 Å². The third kappa shape index (κ3) is 3.34. The molecule has 0 aliphatic rings. The molecular formula is C17H19N5O2. The number of hydrogen-bond acceptors (Lipinski definition) is 5. The molecular weight excluding hydrogens is 306 g/mol. The minimum Gasteiger partial charge on any atom is -0.419 e. The lowest BCUT2D eigenvalue weighted by Gasteiger charge is -2.04. The lowest BCUT2D eigenvalue weighted by atomic mass is 10.2. The zero-order valence-corrected chi connectivity index (χ0v) is 13.7. The van der Waals surface area contributed by atoms with Crippen LogP contribution in [0.1, 0.15) is 35.3 Å². The fourth-order valence-corrected chi connectivity index (χ4v) is 2.38. The van der Waals surface area contributed by atoms with E-state index in [0.29, 0.717) is 17.3 Å². The highest BCUT2D eigenvalue weighted by molar-refractivity contribution is 5.94. The Morgan fingerprint density at radius 3 is 2.79 bits per heavy atom. The van der Waals surface area contributed by atoms with Gasteiger partial charge in [-0.25, -0.2) is 0 Å². The summed E-state index contributed by atoms with van der Waals surface area (Å²) >= 11 is 0. The van der Waals surface area contributed by atoms with Crippen LogP contribution in [0.2, 0.25) is 0 Å². The summed E-state index contributed by atoms with van der Waals surface area (Å²) in [6.07, 6.45) is 2.55. The van der Waals surface area contributed by atoms with E-state index in [9.17, 15) is 4.79 Å². The van der Waals surface area contributed by atoms with E-state index in [0.717, 1.165) is 24.2 Å². The number of hydrogen-bond donors (Lipinski definition) is 1. The first-order chi connectivity index (χ1) is 11.7.